The molecule has 0 saturated heterocycles. The van der Waals surface area contributed by atoms with Gasteiger partial charge in [0.2, 0.25) is 0 Å². The summed E-state index contributed by atoms with van der Waals surface area (Å²) < 4.78 is 1.99. The highest BCUT2D eigenvalue weighted by atomic mass is 35.5. The maximum absolute atomic E-state index is 13.7. The lowest BCUT2D eigenvalue weighted by Gasteiger charge is -2.20. The highest BCUT2D eigenvalue weighted by molar-refractivity contribution is 7.80. The number of nitrogens with one attached hydrogen (secondary N) is 1. The minimum absolute atomic E-state index is 0.114. The van der Waals surface area contributed by atoms with Gasteiger partial charge in [0.05, 0.1) is 23.2 Å². The predicted molar refractivity (Wildman–Crippen MR) is 140 cm³/mol. The Hall–Kier alpha value is -3.62. The highest BCUT2D eigenvalue weighted by Gasteiger charge is 2.28. The molecule has 1 aromatic heterocycles. The largest absolute Gasteiger partial charge is 0.479 e. The number of carboxylic acids is 1. The first-order valence-electron chi connectivity index (χ1n) is 10.7. The fraction of sp³-hybridized carbons (Fsp3) is 0.154. The molecule has 35 heavy (non-hydrogen) atoms. The third-order valence-electron chi connectivity index (χ3n) is 5.84. The predicted octanol–water partition coefficient (Wildman–Crippen LogP) is 4.46. The maximum Gasteiger partial charge on any atom is 0.332 e. The number of carboxylic acid groups (broad SMARTS) is 1. The van der Waals surface area contributed by atoms with Crippen molar-refractivity contribution in [3.05, 3.63) is 109 Å². The van der Waals surface area contributed by atoms with E-state index in [1.54, 1.807) is 18.2 Å². The zero-order valence-electron chi connectivity index (χ0n) is 18.9. The standard InChI is InChI=1S/C26H22ClN3O4S/c1-14-11-15(2)22(21(35)12-14)19(28)13-29-20-6-4-3-5-18(20)24(31)30(26(29)34)23(25(32)33)16-7-9-17(27)10-8-16/h3-12,23,28,35H,13H2,1-2H3,(H,32,33)/t23-/m0/s1. The Morgan fingerprint density at radius 1 is 1.09 bits per heavy atom. The summed E-state index contributed by atoms with van der Waals surface area (Å²) in [7, 11) is 0. The van der Waals surface area contributed by atoms with Crippen LogP contribution in [0.1, 0.15) is 28.3 Å². The fourth-order valence-corrected chi connectivity index (χ4v) is 4.98. The molecule has 2 N–H and O–H groups in total. The van der Waals surface area contributed by atoms with Gasteiger partial charge in [0.25, 0.3) is 5.56 Å². The van der Waals surface area contributed by atoms with Crippen LogP contribution in [0.3, 0.4) is 0 Å². The van der Waals surface area contributed by atoms with Crippen LogP contribution >= 0.6 is 24.2 Å². The third-order valence-corrected chi connectivity index (χ3v) is 6.44. The molecule has 0 radical (unpaired) electrons. The Morgan fingerprint density at radius 3 is 2.37 bits per heavy atom. The average Bonchev–Trinajstić information content (AvgIpc) is 2.79. The van der Waals surface area contributed by atoms with E-state index in [9.17, 15) is 19.5 Å². The second-order valence-electron chi connectivity index (χ2n) is 8.31. The number of benzene rings is 3. The number of aromatic nitrogens is 2. The lowest BCUT2D eigenvalue weighted by Crippen LogP contribution is -2.45. The van der Waals surface area contributed by atoms with Gasteiger partial charge in [0.1, 0.15) is 0 Å². The molecule has 0 fully saturated rings. The molecule has 1 atom stereocenters. The zero-order chi connectivity index (χ0) is 25.4. The summed E-state index contributed by atoms with van der Waals surface area (Å²) in [4.78, 5) is 40.0. The van der Waals surface area contributed by atoms with Gasteiger partial charge in [0.15, 0.2) is 6.04 Å². The van der Waals surface area contributed by atoms with Gasteiger partial charge in [-0.3, -0.25) is 9.36 Å². The van der Waals surface area contributed by atoms with Gasteiger partial charge in [-0.15, -0.1) is 12.6 Å². The van der Waals surface area contributed by atoms with Gasteiger partial charge in [-0.2, -0.15) is 0 Å². The molecular formula is C26H22ClN3O4S. The minimum Gasteiger partial charge on any atom is -0.479 e. The summed E-state index contributed by atoms with van der Waals surface area (Å²) in [6, 6.07) is 14.6. The highest BCUT2D eigenvalue weighted by Crippen LogP contribution is 2.23. The van der Waals surface area contributed by atoms with Crippen LogP contribution in [0.4, 0.5) is 0 Å². The molecule has 9 heteroatoms. The smallest absolute Gasteiger partial charge is 0.332 e. The Balaban J connectivity index is 1.97. The van der Waals surface area contributed by atoms with Crippen LogP contribution < -0.4 is 11.2 Å². The van der Waals surface area contributed by atoms with Crippen LogP contribution in [0, 0.1) is 19.3 Å². The molecule has 0 aliphatic carbocycles. The van der Waals surface area contributed by atoms with Crippen LogP contribution in [0.15, 0.2) is 75.1 Å². The number of carbonyl (C=O) groups is 1. The Kier molecular flexibility index (Phi) is 6.69. The van der Waals surface area contributed by atoms with E-state index < -0.39 is 23.3 Å². The number of hydrogen-bond donors (Lipinski definition) is 3. The number of fused-ring (bicyclic) bond motifs is 1. The first-order valence-corrected chi connectivity index (χ1v) is 11.5. The molecule has 7 nitrogen and oxygen atoms in total. The Bertz CT molecular complexity index is 1580. The number of hydrogen-bond acceptors (Lipinski definition) is 5. The molecule has 1 heterocycles. The lowest BCUT2D eigenvalue weighted by molar-refractivity contribution is -0.139. The van der Waals surface area contributed by atoms with E-state index in [-0.39, 0.29) is 23.2 Å². The van der Waals surface area contributed by atoms with E-state index in [0.717, 1.165) is 15.7 Å². The number of halogens is 1. The van der Waals surface area contributed by atoms with Crippen LogP contribution in [0.2, 0.25) is 5.02 Å². The fourth-order valence-electron chi connectivity index (χ4n) is 4.34. The van der Waals surface area contributed by atoms with E-state index in [4.69, 9.17) is 17.0 Å². The molecule has 0 bridgehead atoms. The summed E-state index contributed by atoms with van der Waals surface area (Å²) in [6.07, 6.45) is 0. The average molecular weight is 508 g/mol. The minimum atomic E-state index is -1.57. The van der Waals surface area contributed by atoms with Gasteiger partial charge >= 0.3 is 11.7 Å². The molecule has 0 unspecified atom stereocenters. The maximum atomic E-state index is 13.7. The summed E-state index contributed by atoms with van der Waals surface area (Å²) >= 11 is 10.5. The molecule has 0 aliphatic rings. The summed E-state index contributed by atoms with van der Waals surface area (Å²) in [6.45, 7) is 3.61. The molecule has 4 rings (SSSR count). The first-order chi connectivity index (χ1) is 16.6. The molecule has 4 aromatic rings. The Morgan fingerprint density at radius 2 is 1.74 bits per heavy atom. The molecule has 0 amide bonds. The number of aryl methyl sites for hydroxylation is 2. The number of aliphatic carboxylic acids is 1. The van der Waals surface area contributed by atoms with Crippen molar-refractivity contribution < 1.29 is 9.90 Å². The van der Waals surface area contributed by atoms with Crippen LogP contribution in [0.25, 0.3) is 10.9 Å². The van der Waals surface area contributed by atoms with Gasteiger partial charge in [-0.25, -0.2) is 14.2 Å². The van der Waals surface area contributed by atoms with Crippen molar-refractivity contribution in [3.63, 3.8) is 0 Å². The van der Waals surface area contributed by atoms with E-state index in [1.165, 1.54) is 34.9 Å². The zero-order valence-corrected chi connectivity index (χ0v) is 20.6. The quantitative estimate of drug-likeness (QED) is 0.264. The van der Waals surface area contributed by atoms with Crippen molar-refractivity contribution >= 4 is 46.8 Å². The second-order valence-corrected chi connectivity index (χ2v) is 9.23. The van der Waals surface area contributed by atoms with Crippen molar-refractivity contribution in [2.45, 2.75) is 31.3 Å². The van der Waals surface area contributed by atoms with E-state index >= 15 is 0 Å². The van der Waals surface area contributed by atoms with Crippen LogP contribution in [-0.4, -0.2) is 25.9 Å². The van der Waals surface area contributed by atoms with Crippen molar-refractivity contribution in [3.8, 4) is 0 Å². The number of para-hydroxylation sites is 1. The summed E-state index contributed by atoms with van der Waals surface area (Å²) in [5.41, 5.74) is 1.51. The van der Waals surface area contributed by atoms with Crippen molar-refractivity contribution in [1.82, 2.24) is 9.13 Å². The van der Waals surface area contributed by atoms with Crippen LogP contribution in [-0.2, 0) is 11.3 Å². The van der Waals surface area contributed by atoms with Crippen molar-refractivity contribution in [2.75, 3.05) is 0 Å². The monoisotopic (exact) mass is 507 g/mol. The van der Waals surface area contributed by atoms with Crippen molar-refractivity contribution in [2.24, 2.45) is 0 Å². The first kappa shape index (κ1) is 24.5. The number of nitrogens with zero attached hydrogens (tertiary/aromatic N) is 2. The summed E-state index contributed by atoms with van der Waals surface area (Å²) in [5, 5.41) is 19.4. The van der Waals surface area contributed by atoms with Crippen LogP contribution in [0.5, 0.6) is 0 Å². The molecule has 178 valence electrons. The SMILES string of the molecule is Cc1cc(C)c(C(=N)Cn2c(=O)n([C@H](C(=O)O)c3ccc(Cl)cc3)c(=O)c3ccccc32)c(S)c1. The molecule has 0 spiro atoms. The van der Waals surface area contributed by atoms with Crippen molar-refractivity contribution in [1.29, 1.82) is 5.41 Å². The molecule has 0 saturated carbocycles. The van der Waals surface area contributed by atoms with Gasteiger partial charge in [0, 0.05) is 15.5 Å². The normalized spacial score (nSPS) is 12.0. The third kappa shape index (κ3) is 4.54. The van der Waals surface area contributed by atoms with Gasteiger partial charge < -0.3 is 10.5 Å². The lowest BCUT2D eigenvalue weighted by atomic mass is 10.0. The molecule has 3 aromatic carbocycles. The number of rotatable bonds is 6. The topological polar surface area (TPSA) is 105 Å². The molecular weight excluding hydrogens is 486 g/mol. The number of thiol groups is 1. The van der Waals surface area contributed by atoms with Gasteiger partial charge in [-0.1, -0.05) is 41.9 Å². The van der Waals surface area contributed by atoms with E-state index in [0.29, 0.717) is 21.0 Å². The summed E-state index contributed by atoms with van der Waals surface area (Å²) in [5.74, 6) is -1.37. The van der Waals surface area contributed by atoms with E-state index in [2.05, 4.69) is 12.6 Å². The van der Waals surface area contributed by atoms with E-state index in [1.807, 2.05) is 26.0 Å². The van der Waals surface area contributed by atoms with Gasteiger partial charge in [-0.05, 0) is 60.9 Å². The second kappa shape index (κ2) is 9.56. The Labute approximate surface area is 211 Å². The molecule has 0 aliphatic heterocycles.